The first-order chi connectivity index (χ1) is 7.65. The quantitative estimate of drug-likeness (QED) is 0.652. The van der Waals surface area contributed by atoms with Gasteiger partial charge in [-0.3, -0.25) is 9.59 Å². The Morgan fingerprint density at radius 2 is 1.88 bits per heavy atom. The molecule has 2 unspecified atom stereocenters. The van der Waals surface area contributed by atoms with E-state index in [2.05, 4.69) is 5.32 Å². The predicted molar refractivity (Wildman–Crippen MR) is 66.5 cm³/mol. The topological polar surface area (TPSA) is 92.4 Å². The molecule has 0 saturated heterocycles. The molecule has 0 fully saturated rings. The number of aliphatic carboxylic acids is 1. The second-order valence-electron chi connectivity index (χ2n) is 5.58. The van der Waals surface area contributed by atoms with Crippen molar-refractivity contribution < 1.29 is 14.7 Å². The molecular weight excluding hydrogens is 220 g/mol. The maximum Gasteiger partial charge on any atom is 0.305 e. The van der Waals surface area contributed by atoms with Crippen molar-refractivity contribution in [3.05, 3.63) is 0 Å². The molecule has 0 saturated carbocycles. The minimum Gasteiger partial charge on any atom is -0.481 e. The maximum atomic E-state index is 11.6. The summed E-state index contributed by atoms with van der Waals surface area (Å²) in [5.41, 5.74) is 5.56. The van der Waals surface area contributed by atoms with Crippen molar-refractivity contribution in [1.82, 2.24) is 5.32 Å². The van der Waals surface area contributed by atoms with Crippen molar-refractivity contribution in [1.29, 1.82) is 0 Å². The molecule has 5 heteroatoms. The van der Waals surface area contributed by atoms with Crippen molar-refractivity contribution in [3.63, 3.8) is 0 Å². The van der Waals surface area contributed by atoms with Gasteiger partial charge in [0.2, 0.25) is 5.91 Å². The smallest absolute Gasteiger partial charge is 0.305 e. The average Bonchev–Trinajstić information content (AvgIpc) is 2.12. The summed E-state index contributed by atoms with van der Waals surface area (Å²) in [7, 11) is 0. The van der Waals surface area contributed by atoms with E-state index < -0.39 is 12.0 Å². The molecule has 0 heterocycles. The highest BCUT2D eigenvalue weighted by molar-refractivity contribution is 5.82. The highest BCUT2D eigenvalue weighted by Gasteiger charge is 2.24. The second-order valence-corrected chi connectivity index (χ2v) is 5.58. The van der Waals surface area contributed by atoms with E-state index in [4.69, 9.17) is 10.8 Å². The third-order valence-electron chi connectivity index (χ3n) is 2.40. The summed E-state index contributed by atoms with van der Waals surface area (Å²) in [6, 6.07) is -0.927. The molecule has 100 valence electrons. The highest BCUT2D eigenvalue weighted by Crippen LogP contribution is 2.22. The number of nitrogens with one attached hydrogen (secondary N) is 1. The molecule has 0 rings (SSSR count). The fourth-order valence-electron chi connectivity index (χ4n) is 1.62. The van der Waals surface area contributed by atoms with Crippen LogP contribution in [0.4, 0.5) is 0 Å². The first kappa shape index (κ1) is 15.9. The van der Waals surface area contributed by atoms with Crippen molar-refractivity contribution >= 4 is 11.9 Å². The lowest BCUT2D eigenvalue weighted by Gasteiger charge is -2.26. The van der Waals surface area contributed by atoms with Crippen molar-refractivity contribution in [2.45, 2.75) is 59.0 Å². The average molecular weight is 244 g/mol. The number of rotatable bonds is 6. The summed E-state index contributed by atoms with van der Waals surface area (Å²) in [4.78, 5) is 22.4. The Hall–Kier alpha value is -1.10. The summed E-state index contributed by atoms with van der Waals surface area (Å²) in [6.07, 6.45) is 1.09. The number of carbonyl (C=O) groups is 2. The largest absolute Gasteiger partial charge is 0.481 e. The van der Waals surface area contributed by atoms with Crippen LogP contribution in [0.5, 0.6) is 0 Å². The molecular formula is C12H24N2O3. The molecule has 0 spiro atoms. The molecule has 0 aromatic rings. The van der Waals surface area contributed by atoms with Gasteiger partial charge >= 0.3 is 5.97 Å². The summed E-state index contributed by atoms with van der Waals surface area (Å²) >= 11 is 0. The summed E-state index contributed by atoms with van der Waals surface area (Å²) in [6.45, 7) is 7.84. The lowest BCUT2D eigenvalue weighted by Crippen LogP contribution is -2.46. The normalized spacial score (nSPS) is 15.1. The fourth-order valence-corrected chi connectivity index (χ4v) is 1.62. The Bertz CT molecular complexity index is 271. The van der Waals surface area contributed by atoms with E-state index in [-0.39, 0.29) is 23.8 Å². The third kappa shape index (κ3) is 7.74. The van der Waals surface area contributed by atoms with Gasteiger partial charge in [-0.2, -0.15) is 0 Å². The molecule has 0 aromatic carbocycles. The van der Waals surface area contributed by atoms with Gasteiger partial charge in [0.1, 0.15) is 0 Å². The van der Waals surface area contributed by atoms with Gasteiger partial charge in [-0.05, 0) is 18.3 Å². The van der Waals surface area contributed by atoms with E-state index in [0.717, 1.165) is 0 Å². The number of carboxylic acid groups (broad SMARTS) is 1. The zero-order valence-electron chi connectivity index (χ0n) is 11.1. The van der Waals surface area contributed by atoms with Crippen LogP contribution >= 0.6 is 0 Å². The zero-order chi connectivity index (χ0) is 13.6. The van der Waals surface area contributed by atoms with Crippen LogP contribution in [0.3, 0.4) is 0 Å². The lowest BCUT2D eigenvalue weighted by molar-refractivity contribution is -0.138. The van der Waals surface area contributed by atoms with Gasteiger partial charge < -0.3 is 16.2 Å². The predicted octanol–water partition coefficient (Wildman–Crippen LogP) is 1.12. The first-order valence-corrected chi connectivity index (χ1v) is 5.93. The van der Waals surface area contributed by atoms with Gasteiger partial charge in [0.05, 0.1) is 12.5 Å². The molecule has 17 heavy (non-hydrogen) atoms. The van der Waals surface area contributed by atoms with Crippen molar-refractivity contribution in [2.24, 2.45) is 11.1 Å². The van der Waals surface area contributed by atoms with Gasteiger partial charge in [0, 0.05) is 6.04 Å². The third-order valence-corrected chi connectivity index (χ3v) is 2.40. The van der Waals surface area contributed by atoms with Crippen molar-refractivity contribution in [3.8, 4) is 0 Å². The summed E-state index contributed by atoms with van der Waals surface area (Å²) in [5.74, 6) is -1.19. The molecule has 1 amide bonds. The van der Waals surface area contributed by atoms with E-state index in [1.165, 1.54) is 0 Å². The highest BCUT2D eigenvalue weighted by atomic mass is 16.4. The van der Waals surface area contributed by atoms with E-state index in [9.17, 15) is 9.59 Å². The Kier molecular flexibility index (Phi) is 6.16. The number of amides is 1. The monoisotopic (exact) mass is 244 g/mol. The molecule has 5 nitrogen and oxygen atoms in total. The van der Waals surface area contributed by atoms with E-state index >= 15 is 0 Å². The summed E-state index contributed by atoms with van der Waals surface area (Å²) < 4.78 is 0. The second kappa shape index (κ2) is 6.59. The van der Waals surface area contributed by atoms with Gasteiger partial charge in [-0.25, -0.2) is 0 Å². The number of carbonyl (C=O) groups excluding carboxylic acids is 1. The Balaban J connectivity index is 4.48. The van der Waals surface area contributed by atoms with Gasteiger partial charge in [0.25, 0.3) is 0 Å². The minimum atomic E-state index is -0.912. The molecule has 0 aliphatic rings. The van der Waals surface area contributed by atoms with Crippen LogP contribution in [0.25, 0.3) is 0 Å². The molecule has 4 N–H and O–H groups in total. The molecule has 0 bridgehead atoms. The Morgan fingerprint density at radius 3 is 2.24 bits per heavy atom. The van der Waals surface area contributed by atoms with E-state index in [1.807, 2.05) is 27.7 Å². The van der Waals surface area contributed by atoms with Crippen LogP contribution in [-0.2, 0) is 9.59 Å². The standard InChI is InChI=1S/C12H24N2O3/c1-5-9(13)11(17)14-8(6-10(15)16)7-12(2,3)4/h8-9H,5-7,13H2,1-4H3,(H,14,17)(H,15,16). The number of hydrogen-bond donors (Lipinski definition) is 3. The van der Waals surface area contributed by atoms with E-state index in [1.54, 1.807) is 0 Å². The first-order valence-electron chi connectivity index (χ1n) is 5.93. The zero-order valence-corrected chi connectivity index (χ0v) is 11.1. The number of nitrogens with two attached hydrogens (primary N) is 1. The van der Waals surface area contributed by atoms with E-state index in [0.29, 0.717) is 12.8 Å². The minimum absolute atomic E-state index is 0.0380. The molecule has 0 aliphatic carbocycles. The van der Waals surface area contributed by atoms with Crippen LogP contribution in [0, 0.1) is 5.41 Å². The fraction of sp³-hybridized carbons (Fsp3) is 0.833. The number of hydrogen-bond acceptors (Lipinski definition) is 3. The van der Waals surface area contributed by atoms with Crippen LogP contribution in [0.1, 0.15) is 47.0 Å². The van der Waals surface area contributed by atoms with Crippen LogP contribution in [0.15, 0.2) is 0 Å². The van der Waals surface area contributed by atoms with Crippen LogP contribution in [0.2, 0.25) is 0 Å². The SMILES string of the molecule is CCC(N)C(=O)NC(CC(=O)O)CC(C)(C)C. The maximum absolute atomic E-state index is 11.6. The van der Waals surface area contributed by atoms with Gasteiger partial charge in [-0.1, -0.05) is 27.7 Å². The Labute approximate surface area is 103 Å². The van der Waals surface area contributed by atoms with Crippen molar-refractivity contribution in [2.75, 3.05) is 0 Å². The molecule has 0 radical (unpaired) electrons. The summed E-state index contributed by atoms with van der Waals surface area (Å²) in [5, 5.41) is 11.5. The van der Waals surface area contributed by atoms with Gasteiger partial charge in [-0.15, -0.1) is 0 Å². The molecule has 2 atom stereocenters. The lowest BCUT2D eigenvalue weighted by atomic mass is 9.87. The molecule has 0 aliphatic heterocycles. The van der Waals surface area contributed by atoms with Gasteiger partial charge in [0.15, 0.2) is 0 Å². The number of carboxylic acids is 1. The Morgan fingerprint density at radius 1 is 1.35 bits per heavy atom. The molecule has 0 aromatic heterocycles. The van der Waals surface area contributed by atoms with Crippen LogP contribution in [-0.4, -0.2) is 29.1 Å². The van der Waals surface area contributed by atoms with Crippen LogP contribution < -0.4 is 11.1 Å².